The molecule has 1 aromatic carbocycles. The number of amides is 3. The van der Waals surface area contributed by atoms with E-state index in [1.165, 1.54) is 11.3 Å². The molecule has 126 valence electrons. The maximum atomic E-state index is 12.3. The first-order valence-corrected chi connectivity index (χ1v) is 8.35. The van der Waals surface area contributed by atoms with Gasteiger partial charge in [0.25, 0.3) is 11.8 Å². The molecule has 3 heterocycles. The van der Waals surface area contributed by atoms with Crippen LogP contribution in [0, 0.1) is 13.8 Å². The lowest BCUT2D eigenvalue weighted by Gasteiger charge is -2.12. The summed E-state index contributed by atoms with van der Waals surface area (Å²) in [7, 11) is 0. The van der Waals surface area contributed by atoms with Crippen LogP contribution in [0.4, 0.5) is 5.95 Å². The number of aromatic nitrogens is 3. The summed E-state index contributed by atoms with van der Waals surface area (Å²) in [6.45, 7) is 3.51. The van der Waals surface area contributed by atoms with E-state index >= 15 is 0 Å². The van der Waals surface area contributed by atoms with Crippen molar-refractivity contribution in [1.82, 2.24) is 19.5 Å². The van der Waals surface area contributed by atoms with E-state index in [0.717, 1.165) is 15.5 Å². The third-order valence-electron chi connectivity index (χ3n) is 4.08. The summed E-state index contributed by atoms with van der Waals surface area (Å²) in [6, 6.07) is 6.51. The molecule has 1 N–H and O–H groups in total. The van der Waals surface area contributed by atoms with Gasteiger partial charge < -0.3 is 0 Å². The summed E-state index contributed by atoms with van der Waals surface area (Å²) in [5, 5.41) is 6.76. The maximum Gasteiger partial charge on any atom is 0.262 e. The molecule has 0 bridgehead atoms. The van der Waals surface area contributed by atoms with Gasteiger partial charge in [-0.1, -0.05) is 23.5 Å². The fraction of sp³-hybridized carbons (Fsp3) is 0.188. The summed E-state index contributed by atoms with van der Waals surface area (Å²) in [6.07, 6.45) is 0. The van der Waals surface area contributed by atoms with Gasteiger partial charge in [0.1, 0.15) is 6.54 Å². The molecule has 0 aliphatic carbocycles. The molecule has 2 aromatic heterocycles. The van der Waals surface area contributed by atoms with E-state index in [1.807, 2.05) is 13.8 Å². The Bertz CT molecular complexity index is 1020. The average Bonchev–Trinajstić information content (AvgIpc) is 3.17. The van der Waals surface area contributed by atoms with Crippen LogP contribution in [-0.2, 0) is 4.79 Å². The molecule has 0 saturated heterocycles. The van der Waals surface area contributed by atoms with Gasteiger partial charge in [-0.2, -0.15) is 4.98 Å². The number of hydrogen-bond acceptors (Lipinski definition) is 6. The molecule has 0 radical (unpaired) electrons. The molecule has 0 fully saturated rings. The summed E-state index contributed by atoms with van der Waals surface area (Å²) in [5.74, 6) is -1.32. The molecular weight excluding hydrogens is 342 g/mol. The number of anilines is 1. The largest absolute Gasteiger partial charge is 0.292 e. The fourth-order valence-electron chi connectivity index (χ4n) is 2.69. The van der Waals surface area contributed by atoms with Crippen molar-refractivity contribution in [3.05, 3.63) is 46.0 Å². The standard InChI is InChI=1S/C16H13N5O3S/c1-8-9(2)25-16-18-15(19-21(8)16)17-12(22)7-20-13(23)10-5-3-4-6-11(10)14(20)24/h3-6H,7H2,1-2H3,(H,17,19,22). The first-order chi connectivity index (χ1) is 12.0. The smallest absolute Gasteiger partial charge is 0.262 e. The van der Waals surface area contributed by atoms with Gasteiger partial charge in [0.2, 0.25) is 16.8 Å². The third-order valence-corrected chi connectivity index (χ3v) is 5.13. The second-order valence-electron chi connectivity index (χ2n) is 5.66. The number of fused-ring (bicyclic) bond motifs is 2. The number of aryl methyl sites for hydroxylation is 2. The predicted octanol–water partition coefficient (Wildman–Crippen LogP) is 1.64. The zero-order valence-electron chi connectivity index (χ0n) is 13.4. The van der Waals surface area contributed by atoms with Gasteiger partial charge in [-0.25, -0.2) is 4.52 Å². The van der Waals surface area contributed by atoms with Crippen molar-refractivity contribution in [3.8, 4) is 0 Å². The quantitative estimate of drug-likeness (QED) is 0.721. The molecule has 3 aromatic rings. The Labute approximate surface area is 146 Å². The van der Waals surface area contributed by atoms with Crippen LogP contribution in [0.15, 0.2) is 24.3 Å². The lowest BCUT2D eigenvalue weighted by atomic mass is 10.1. The van der Waals surface area contributed by atoms with Gasteiger partial charge in [-0.15, -0.1) is 5.10 Å². The third kappa shape index (κ3) is 2.40. The van der Waals surface area contributed by atoms with E-state index in [0.29, 0.717) is 16.1 Å². The molecule has 0 unspecified atom stereocenters. The summed E-state index contributed by atoms with van der Waals surface area (Å²) >= 11 is 1.47. The fourth-order valence-corrected chi connectivity index (χ4v) is 3.59. The predicted molar refractivity (Wildman–Crippen MR) is 90.8 cm³/mol. The van der Waals surface area contributed by atoms with Crippen molar-refractivity contribution in [2.24, 2.45) is 0 Å². The zero-order valence-corrected chi connectivity index (χ0v) is 14.3. The van der Waals surface area contributed by atoms with E-state index in [-0.39, 0.29) is 12.5 Å². The highest BCUT2D eigenvalue weighted by molar-refractivity contribution is 7.17. The molecule has 1 aliphatic heterocycles. The van der Waals surface area contributed by atoms with Gasteiger partial charge in [0.05, 0.1) is 16.8 Å². The van der Waals surface area contributed by atoms with Gasteiger partial charge in [-0.3, -0.25) is 24.6 Å². The maximum absolute atomic E-state index is 12.3. The summed E-state index contributed by atoms with van der Waals surface area (Å²) in [4.78, 5) is 43.7. The molecule has 4 rings (SSSR count). The number of carbonyl (C=O) groups excluding carboxylic acids is 3. The second-order valence-corrected chi connectivity index (χ2v) is 6.85. The van der Waals surface area contributed by atoms with Crippen LogP contribution in [0.5, 0.6) is 0 Å². The first kappa shape index (κ1) is 15.5. The SMILES string of the molecule is Cc1sc2nc(NC(=O)CN3C(=O)c4ccccc4C3=O)nn2c1C. The van der Waals surface area contributed by atoms with Crippen LogP contribution in [0.2, 0.25) is 0 Å². The summed E-state index contributed by atoms with van der Waals surface area (Å²) < 4.78 is 1.65. The number of rotatable bonds is 3. The number of hydrogen-bond donors (Lipinski definition) is 1. The normalized spacial score (nSPS) is 13.6. The van der Waals surface area contributed by atoms with Crippen LogP contribution < -0.4 is 5.32 Å². The monoisotopic (exact) mass is 355 g/mol. The van der Waals surface area contributed by atoms with Crippen LogP contribution in [-0.4, -0.2) is 43.8 Å². The van der Waals surface area contributed by atoms with Crippen LogP contribution in [0.1, 0.15) is 31.3 Å². The molecule has 0 atom stereocenters. The number of carbonyl (C=O) groups is 3. The lowest BCUT2D eigenvalue weighted by Crippen LogP contribution is -2.37. The highest BCUT2D eigenvalue weighted by atomic mass is 32.1. The highest BCUT2D eigenvalue weighted by Gasteiger charge is 2.36. The molecule has 8 nitrogen and oxygen atoms in total. The van der Waals surface area contributed by atoms with Crippen molar-refractivity contribution in [2.45, 2.75) is 13.8 Å². The molecule has 0 spiro atoms. The number of nitrogens with one attached hydrogen (secondary N) is 1. The highest BCUT2D eigenvalue weighted by Crippen LogP contribution is 2.23. The minimum Gasteiger partial charge on any atom is -0.292 e. The van der Waals surface area contributed by atoms with Crippen molar-refractivity contribution in [1.29, 1.82) is 0 Å². The van der Waals surface area contributed by atoms with Crippen molar-refractivity contribution in [2.75, 3.05) is 11.9 Å². The number of imide groups is 1. The average molecular weight is 355 g/mol. The lowest BCUT2D eigenvalue weighted by molar-refractivity contribution is -0.116. The second kappa shape index (κ2) is 5.49. The number of thiazole rings is 1. The Hall–Kier alpha value is -3.07. The van der Waals surface area contributed by atoms with Gasteiger partial charge in [0, 0.05) is 4.88 Å². The first-order valence-electron chi connectivity index (χ1n) is 7.53. The zero-order chi connectivity index (χ0) is 17.7. The molecule has 1 aliphatic rings. The van der Waals surface area contributed by atoms with Crippen LogP contribution >= 0.6 is 11.3 Å². The molecule has 9 heteroatoms. The molecule has 25 heavy (non-hydrogen) atoms. The van der Waals surface area contributed by atoms with Gasteiger partial charge >= 0.3 is 0 Å². The van der Waals surface area contributed by atoms with E-state index in [2.05, 4.69) is 15.4 Å². The van der Waals surface area contributed by atoms with E-state index in [4.69, 9.17) is 0 Å². The topological polar surface area (TPSA) is 96.7 Å². The molecule has 0 saturated carbocycles. The molecular formula is C16H13N5O3S. The Morgan fingerprint density at radius 1 is 1.16 bits per heavy atom. The minimum absolute atomic E-state index is 0.149. The van der Waals surface area contributed by atoms with Crippen molar-refractivity contribution in [3.63, 3.8) is 0 Å². The summed E-state index contributed by atoms with van der Waals surface area (Å²) in [5.41, 5.74) is 1.58. The Kier molecular flexibility index (Phi) is 3.39. The van der Waals surface area contributed by atoms with Crippen LogP contribution in [0.25, 0.3) is 4.96 Å². The van der Waals surface area contributed by atoms with Crippen molar-refractivity contribution >= 4 is 40.0 Å². The van der Waals surface area contributed by atoms with Gasteiger partial charge in [-0.05, 0) is 26.0 Å². The van der Waals surface area contributed by atoms with Gasteiger partial charge in [0.15, 0.2) is 0 Å². The Morgan fingerprint density at radius 3 is 2.40 bits per heavy atom. The number of benzene rings is 1. The minimum atomic E-state index is -0.526. The van der Waals surface area contributed by atoms with Crippen molar-refractivity contribution < 1.29 is 14.4 Å². The van der Waals surface area contributed by atoms with E-state index in [9.17, 15) is 14.4 Å². The number of nitrogens with zero attached hydrogens (tertiary/aromatic N) is 4. The Morgan fingerprint density at radius 2 is 1.80 bits per heavy atom. The van der Waals surface area contributed by atoms with E-state index in [1.54, 1.807) is 28.8 Å². The Balaban J connectivity index is 1.50. The van der Waals surface area contributed by atoms with E-state index < -0.39 is 17.7 Å². The van der Waals surface area contributed by atoms with Crippen LogP contribution in [0.3, 0.4) is 0 Å². The molecule has 3 amide bonds.